The number of ether oxygens (including phenoxy) is 3. The van der Waals surface area contributed by atoms with Crippen LogP contribution in [-0.4, -0.2) is 24.1 Å². The van der Waals surface area contributed by atoms with Crippen molar-refractivity contribution in [3.8, 4) is 17.2 Å². The summed E-state index contributed by atoms with van der Waals surface area (Å²) in [6.45, 7) is 5.40. The lowest BCUT2D eigenvalue weighted by Crippen LogP contribution is -1.97. The lowest BCUT2D eigenvalue weighted by Gasteiger charge is -2.04. The van der Waals surface area contributed by atoms with Crippen LogP contribution in [0.4, 0.5) is 0 Å². The summed E-state index contributed by atoms with van der Waals surface area (Å²) >= 11 is 0. The van der Waals surface area contributed by atoms with Crippen molar-refractivity contribution in [3.63, 3.8) is 0 Å². The first-order chi connectivity index (χ1) is 13.1. The Hall–Kier alpha value is -3.21. The van der Waals surface area contributed by atoms with Crippen LogP contribution in [0, 0.1) is 0 Å². The summed E-state index contributed by atoms with van der Waals surface area (Å²) in [6, 6.07) is 11.2. The molecule has 0 unspecified atom stereocenters. The summed E-state index contributed by atoms with van der Waals surface area (Å²) in [7, 11) is 1.65. The Morgan fingerprint density at radius 2 is 1.93 bits per heavy atom. The number of benzene rings is 2. The molecule has 0 saturated carbocycles. The SMILES string of the molecule is CCOc1ccc2c(c1)O/C(=C/c1cn(CC)c3ccc(OC)cc13)C2=O. The van der Waals surface area contributed by atoms with Crippen molar-refractivity contribution in [1.82, 2.24) is 4.57 Å². The summed E-state index contributed by atoms with van der Waals surface area (Å²) < 4.78 is 18.8. The van der Waals surface area contributed by atoms with E-state index in [1.165, 1.54) is 0 Å². The van der Waals surface area contributed by atoms with Gasteiger partial charge in [-0.2, -0.15) is 0 Å². The van der Waals surface area contributed by atoms with Crippen LogP contribution in [-0.2, 0) is 6.54 Å². The monoisotopic (exact) mass is 363 g/mol. The van der Waals surface area contributed by atoms with Gasteiger partial charge in [0.25, 0.3) is 0 Å². The van der Waals surface area contributed by atoms with E-state index < -0.39 is 0 Å². The van der Waals surface area contributed by atoms with Crippen LogP contribution in [0.15, 0.2) is 48.4 Å². The fourth-order valence-electron chi connectivity index (χ4n) is 3.37. The molecule has 27 heavy (non-hydrogen) atoms. The number of hydrogen-bond acceptors (Lipinski definition) is 4. The Morgan fingerprint density at radius 3 is 2.67 bits per heavy atom. The van der Waals surface area contributed by atoms with Crippen LogP contribution in [0.1, 0.15) is 29.8 Å². The maximum Gasteiger partial charge on any atom is 0.231 e. The number of ketones is 1. The summed E-state index contributed by atoms with van der Waals surface area (Å²) in [6.07, 6.45) is 3.83. The van der Waals surface area contributed by atoms with E-state index in [9.17, 15) is 4.79 Å². The molecule has 5 heteroatoms. The van der Waals surface area contributed by atoms with Crippen molar-refractivity contribution in [2.24, 2.45) is 0 Å². The maximum absolute atomic E-state index is 12.7. The van der Waals surface area contributed by atoms with Crippen LogP contribution >= 0.6 is 0 Å². The zero-order valence-electron chi connectivity index (χ0n) is 15.6. The molecule has 3 aromatic rings. The van der Waals surface area contributed by atoms with Crippen LogP contribution in [0.2, 0.25) is 0 Å². The largest absolute Gasteiger partial charge is 0.497 e. The standard InChI is InChI=1S/C22H21NO4/c1-4-23-13-14(18-11-15(25-3)7-9-19(18)23)10-21-22(24)17-8-6-16(26-5-2)12-20(17)27-21/h6-13H,4-5H2,1-3H3/b21-10+. The molecule has 2 heterocycles. The lowest BCUT2D eigenvalue weighted by molar-refractivity contribution is 0.101. The van der Waals surface area contributed by atoms with E-state index in [-0.39, 0.29) is 5.78 Å². The van der Waals surface area contributed by atoms with E-state index in [0.717, 1.165) is 28.8 Å². The molecule has 0 N–H and O–H groups in total. The molecule has 0 radical (unpaired) electrons. The van der Waals surface area contributed by atoms with E-state index in [1.807, 2.05) is 31.3 Å². The molecule has 0 bridgehead atoms. The number of fused-ring (bicyclic) bond motifs is 2. The van der Waals surface area contributed by atoms with Crippen LogP contribution in [0.3, 0.4) is 0 Å². The first kappa shape index (κ1) is 17.2. The molecule has 1 aliphatic rings. The molecular weight excluding hydrogens is 342 g/mol. The molecule has 0 spiro atoms. The van der Waals surface area contributed by atoms with Gasteiger partial charge in [0, 0.05) is 35.3 Å². The summed E-state index contributed by atoms with van der Waals surface area (Å²) in [5.41, 5.74) is 2.57. The van der Waals surface area contributed by atoms with Gasteiger partial charge in [-0.25, -0.2) is 0 Å². The first-order valence-corrected chi connectivity index (χ1v) is 9.02. The zero-order valence-corrected chi connectivity index (χ0v) is 15.6. The van der Waals surface area contributed by atoms with Gasteiger partial charge in [-0.05, 0) is 50.3 Å². The number of carbonyl (C=O) groups is 1. The van der Waals surface area contributed by atoms with E-state index in [0.29, 0.717) is 29.4 Å². The molecule has 5 nitrogen and oxygen atoms in total. The second-order valence-electron chi connectivity index (χ2n) is 6.28. The molecule has 0 amide bonds. The van der Waals surface area contributed by atoms with Gasteiger partial charge < -0.3 is 18.8 Å². The van der Waals surface area contributed by atoms with E-state index in [1.54, 1.807) is 31.4 Å². The molecule has 0 saturated heterocycles. The Labute approximate surface area is 157 Å². The third-order valence-electron chi connectivity index (χ3n) is 4.70. The van der Waals surface area contributed by atoms with Gasteiger partial charge >= 0.3 is 0 Å². The van der Waals surface area contributed by atoms with Crippen molar-refractivity contribution >= 4 is 22.8 Å². The second kappa shape index (κ2) is 6.83. The van der Waals surface area contributed by atoms with Crippen molar-refractivity contribution in [2.45, 2.75) is 20.4 Å². The van der Waals surface area contributed by atoms with Crippen LogP contribution in [0.5, 0.6) is 17.2 Å². The van der Waals surface area contributed by atoms with Gasteiger partial charge in [0.05, 0.1) is 19.3 Å². The number of nitrogens with zero attached hydrogens (tertiary/aromatic N) is 1. The van der Waals surface area contributed by atoms with Crippen molar-refractivity contribution in [2.75, 3.05) is 13.7 Å². The highest BCUT2D eigenvalue weighted by Gasteiger charge is 2.28. The number of aryl methyl sites for hydroxylation is 1. The highest BCUT2D eigenvalue weighted by molar-refractivity contribution is 6.15. The fraction of sp³-hybridized carbons (Fsp3) is 0.227. The van der Waals surface area contributed by atoms with Gasteiger partial charge in [-0.3, -0.25) is 4.79 Å². The molecule has 0 aliphatic carbocycles. The maximum atomic E-state index is 12.7. The van der Waals surface area contributed by atoms with Gasteiger partial charge in [0.1, 0.15) is 17.2 Å². The Kier molecular flexibility index (Phi) is 4.36. The number of Topliss-reactive ketones (excluding diaryl/α,β-unsaturated/α-hetero) is 1. The Balaban J connectivity index is 1.76. The minimum atomic E-state index is -0.117. The second-order valence-corrected chi connectivity index (χ2v) is 6.28. The molecular formula is C22H21NO4. The van der Waals surface area contributed by atoms with Gasteiger partial charge in [0.15, 0.2) is 5.76 Å². The molecule has 1 aliphatic heterocycles. The number of allylic oxidation sites excluding steroid dienone is 1. The number of methoxy groups -OCH3 is 1. The number of rotatable bonds is 5. The minimum absolute atomic E-state index is 0.117. The summed E-state index contributed by atoms with van der Waals surface area (Å²) in [5.74, 6) is 2.20. The number of carbonyl (C=O) groups excluding carboxylic acids is 1. The lowest BCUT2D eigenvalue weighted by atomic mass is 10.1. The van der Waals surface area contributed by atoms with Crippen LogP contribution in [0.25, 0.3) is 17.0 Å². The third kappa shape index (κ3) is 2.95. The summed E-state index contributed by atoms with van der Waals surface area (Å²) in [5, 5.41) is 1.02. The van der Waals surface area contributed by atoms with E-state index >= 15 is 0 Å². The third-order valence-corrected chi connectivity index (χ3v) is 4.70. The first-order valence-electron chi connectivity index (χ1n) is 9.02. The molecule has 138 valence electrons. The predicted molar refractivity (Wildman–Crippen MR) is 105 cm³/mol. The van der Waals surface area contributed by atoms with Crippen molar-refractivity contribution in [3.05, 3.63) is 59.5 Å². The van der Waals surface area contributed by atoms with E-state index in [4.69, 9.17) is 14.2 Å². The molecule has 0 atom stereocenters. The summed E-state index contributed by atoms with van der Waals surface area (Å²) in [4.78, 5) is 12.7. The molecule has 1 aromatic heterocycles. The number of hydrogen-bond donors (Lipinski definition) is 0. The quantitative estimate of drug-likeness (QED) is 0.617. The fourth-order valence-corrected chi connectivity index (χ4v) is 3.37. The molecule has 4 rings (SSSR count). The molecule has 0 fully saturated rings. The Morgan fingerprint density at radius 1 is 1.11 bits per heavy atom. The normalized spacial score (nSPS) is 14.5. The smallest absolute Gasteiger partial charge is 0.231 e. The van der Waals surface area contributed by atoms with E-state index in [2.05, 4.69) is 11.5 Å². The Bertz CT molecular complexity index is 1060. The highest BCUT2D eigenvalue weighted by atomic mass is 16.5. The highest BCUT2D eigenvalue weighted by Crippen LogP contribution is 2.36. The topological polar surface area (TPSA) is 49.7 Å². The average molecular weight is 363 g/mol. The van der Waals surface area contributed by atoms with Crippen LogP contribution < -0.4 is 14.2 Å². The van der Waals surface area contributed by atoms with Gasteiger partial charge in [0.2, 0.25) is 5.78 Å². The number of aromatic nitrogens is 1. The van der Waals surface area contributed by atoms with Gasteiger partial charge in [-0.1, -0.05) is 0 Å². The molecule has 2 aromatic carbocycles. The van der Waals surface area contributed by atoms with Crippen molar-refractivity contribution in [1.29, 1.82) is 0 Å². The van der Waals surface area contributed by atoms with Gasteiger partial charge in [-0.15, -0.1) is 0 Å². The average Bonchev–Trinajstić information content (AvgIpc) is 3.19. The van der Waals surface area contributed by atoms with Crippen molar-refractivity contribution < 1.29 is 19.0 Å². The minimum Gasteiger partial charge on any atom is -0.497 e. The zero-order chi connectivity index (χ0) is 19.0. The predicted octanol–water partition coefficient (Wildman–Crippen LogP) is 4.68.